The zero-order valence-corrected chi connectivity index (χ0v) is 14.5. The van der Waals surface area contributed by atoms with Gasteiger partial charge in [-0.1, -0.05) is 42.5 Å². The van der Waals surface area contributed by atoms with E-state index in [1.807, 2.05) is 54.6 Å². The predicted molar refractivity (Wildman–Crippen MR) is 102 cm³/mol. The van der Waals surface area contributed by atoms with Crippen LogP contribution in [-0.2, 0) is 9.59 Å². The molecule has 1 aliphatic heterocycles. The lowest BCUT2D eigenvalue weighted by Gasteiger charge is -2.17. The molecule has 0 bridgehead atoms. The van der Waals surface area contributed by atoms with E-state index in [-0.39, 0.29) is 11.8 Å². The highest BCUT2D eigenvalue weighted by atomic mass is 16.2. The van der Waals surface area contributed by atoms with Crippen LogP contribution < -0.4 is 4.90 Å². The van der Waals surface area contributed by atoms with Crippen molar-refractivity contribution in [1.29, 1.82) is 0 Å². The average molecular weight is 343 g/mol. The molecule has 0 unspecified atom stereocenters. The van der Waals surface area contributed by atoms with Crippen molar-refractivity contribution in [2.45, 2.75) is 13.8 Å². The number of benzene rings is 2. The van der Waals surface area contributed by atoms with Gasteiger partial charge in [-0.25, -0.2) is 4.90 Å². The molecule has 0 saturated heterocycles. The Morgan fingerprint density at radius 1 is 0.885 bits per heavy atom. The third kappa shape index (κ3) is 2.45. The number of anilines is 1. The molecule has 0 saturated carbocycles. The Labute approximate surface area is 150 Å². The van der Waals surface area contributed by atoms with Gasteiger partial charge in [0.05, 0.1) is 16.9 Å². The molecule has 0 radical (unpaired) electrons. The number of hydrogen-bond acceptors (Lipinski definition) is 3. The molecule has 0 aliphatic carbocycles. The molecule has 5 nitrogen and oxygen atoms in total. The largest absolute Gasteiger partial charge is 0.277 e. The van der Waals surface area contributed by atoms with Gasteiger partial charge in [0.15, 0.2) is 0 Å². The second-order valence-electron chi connectivity index (χ2n) is 6.24. The summed E-state index contributed by atoms with van der Waals surface area (Å²) in [4.78, 5) is 26.2. The number of amides is 2. The van der Waals surface area contributed by atoms with Crippen LogP contribution in [0.4, 0.5) is 5.69 Å². The van der Waals surface area contributed by atoms with E-state index >= 15 is 0 Å². The number of nitrogens with zero attached hydrogens (tertiary/aromatic N) is 2. The lowest BCUT2D eigenvalue weighted by Crippen LogP contribution is -2.31. The first kappa shape index (κ1) is 16.0. The zero-order valence-electron chi connectivity index (χ0n) is 14.5. The second-order valence-corrected chi connectivity index (χ2v) is 6.24. The van der Waals surface area contributed by atoms with E-state index in [0.717, 1.165) is 22.2 Å². The molecule has 2 aromatic carbocycles. The molecule has 0 atom stereocenters. The summed E-state index contributed by atoms with van der Waals surface area (Å²) in [5.41, 5.74) is 4.11. The predicted octanol–water partition coefficient (Wildman–Crippen LogP) is 3.94. The molecule has 128 valence electrons. The maximum Gasteiger partial charge on any atom is 0.261 e. The van der Waals surface area contributed by atoms with Crippen LogP contribution in [0.5, 0.6) is 0 Å². The molecule has 2 heterocycles. The van der Waals surface area contributed by atoms with Gasteiger partial charge < -0.3 is 0 Å². The van der Waals surface area contributed by atoms with E-state index in [1.165, 1.54) is 4.90 Å². The van der Waals surface area contributed by atoms with Gasteiger partial charge in [-0.05, 0) is 37.6 Å². The van der Waals surface area contributed by atoms with E-state index < -0.39 is 0 Å². The molecule has 1 aliphatic rings. The number of carbonyl (C=O) groups excluding carboxylic acids is 2. The first-order valence-corrected chi connectivity index (χ1v) is 8.34. The van der Waals surface area contributed by atoms with E-state index in [9.17, 15) is 9.59 Å². The van der Waals surface area contributed by atoms with Gasteiger partial charge in [-0.15, -0.1) is 0 Å². The third-order valence-corrected chi connectivity index (χ3v) is 4.71. The minimum Gasteiger partial charge on any atom is -0.277 e. The third-order valence-electron chi connectivity index (χ3n) is 4.71. The first-order valence-electron chi connectivity index (χ1n) is 8.34. The van der Waals surface area contributed by atoms with Crippen molar-refractivity contribution in [2.24, 2.45) is 0 Å². The summed E-state index contributed by atoms with van der Waals surface area (Å²) in [6.07, 6.45) is 3.76. The number of H-pyrrole nitrogens is 1. The average Bonchev–Trinajstić information content (AvgIpc) is 3.16. The van der Waals surface area contributed by atoms with E-state index in [4.69, 9.17) is 0 Å². The van der Waals surface area contributed by atoms with Crippen LogP contribution in [0.2, 0.25) is 0 Å². The highest BCUT2D eigenvalue weighted by Gasteiger charge is 2.35. The molecule has 4 rings (SSSR count). The number of hydrogen-bond donors (Lipinski definition) is 1. The van der Waals surface area contributed by atoms with Gasteiger partial charge in [0.2, 0.25) is 0 Å². The number of aromatic nitrogens is 2. The Bertz CT molecular complexity index is 1080. The maximum absolute atomic E-state index is 12.5. The maximum atomic E-state index is 12.5. The summed E-state index contributed by atoms with van der Waals surface area (Å²) in [5.74, 6) is -0.530. The van der Waals surface area contributed by atoms with Crippen molar-refractivity contribution < 1.29 is 9.59 Å². The van der Waals surface area contributed by atoms with Crippen LogP contribution >= 0.6 is 0 Å². The quantitative estimate of drug-likeness (QED) is 0.733. The van der Waals surface area contributed by atoms with Gasteiger partial charge in [-0.3, -0.25) is 14.7 Å². The number of fused-ring (bicyclic) bond motifs is 1. The van der Waals surface area contributed by atoms with Crippen molar-refractivity contribution in [2.75, 3.05) is 4.90 Å². The van der Waals surface area contributed by atoms with Crippen LogP contribution in [0.1, 0.15) is 25.1 Å². The topological polar surface area (TPSA) is 66.1 Å². The van der Waals surface area contributed by atoms with E-state index in [0.29, 0.717) is 16.8 Å². The van der Waals surface area contributed by atoms with Gasteiger partial charge >= 0.3 is 0 Å². The molecular weight excluding hydrogens is 326 g/mol. The normalized spacial score (nSPS) is 15.1. The summed E-state index contributed by atoms with van der Waals surface area (Å²) in [7, 11) is 0. The highest BCUT2D eigenvalue weighted by molar-refractivity contribution is 6.33. The fraction of sp³-hybridized carbons (Fsp3) is 0.0952. The molecule has 1 aromatic heterocycles. The van der Waals surface area contributed by atoms with Crippen LogP contribution in [0, 0.1) is 0 Å². The number of para-hydroxylation sites is 2. The van der Waals surface area contributed by atoms with Gasteiger partial charge in [0.25, 0.3) is 11.8 Å². The molecule has 26 heavy (non-hydrogen) atoms. The Kier molecular flexibility index (Phi) is 3.77. The summed E-state index contributed by atoms with van der Waals surface area (Å²) in [5, 5.41) is 8.33. The summed E-state index contributed by atoms with van der Waals surface area (Å²) >= 11 is 0. The monoisotopic (exact) mass is 343 g/mol. The SMILES string of the molecule is CC1=C(C)C(=O)N(c2ccccc2C=Cc2n[nH]c3ccccc23)C1=O. The second kappa shape index (κ2) is 6.11. The Morgan fingerprint density at radius 2 is 1.54 bits per heavy atom. The summed E-state index contributed by atoms with van der Waals surface area (Å²) < 4.78 is 0. The van der Waals surface area contributed by atoms with Gasteiger partial charge in [-0.2, -0.15) is 5.10 Å². The minimum atomic E-state index is -0.265. The molecule has 0 spiro atoms. The molecule has 5 heteroatoms. The number of rotatable bonds is 3. The van der Waals surface area contributed by atoms with Gasteiger partial charge in [0, 0.05) is 16.5 Å². The fourth-order valence-electron chi connectivity index (χ4n) is 3.08. The first-order chi connectivity index (χ1) is 12.6. The summed E-state index contributed by atoms with van der Waals surface area (Å²) in [6.45, 7) is 3.37. The van der Waals surface area contributed by atoms with E-state index in [2.05, 4.69) is 10.2 Å². The number of aromatic amines is 1. The molecular formula is C21H17N3O2. The van der Waals surface area contributed by atoms with Crippen LogP contribution in [0.15, 0.2) is 59.7 Å². The van der Waals surface area contributed by atoms with Crippen molar-refractivity contribution in [3.05, 3.63) is 70.9 Å². The summed E-state index contributed by atoms with van der Waals surface area (Å²) in [6, 6.07) is 15.2. The number of imide groups is 1. The van der Waals surface area contributed by atoms with Gasteiger partial charge in [0.1, 0.15) is 0 Å². The zero-order chi connectivity index (χ0) is 18.3. The standard InChI is InChI=1S/C21H17N3O2/c1-13-14(2)21(26)24(20(13)25)19-10-6-3-7-15(19)11-12-18-16-8-4-5-9-17(16)22-23-18/h3-12H,1-2H3,(H,22,23). The van der Waals surface area contributed by atoms with Crippen molar-refractivity contribution in [3.8, 4) is 0 Å². The molecule has 3 aromatic rings. The van der Waals surface area contributed by atoms with Crippen LogP contribution in [-0.4, -0.2) is 22.0 Å². The number of carbonyl (C=O) groups is 2. The lowest BCUT2D eigenvalue weighted by atomic mass is 10.1. The lowest BCUT2D eigenvalue weighted by molar-refractivity contribution is -0.120. The van der Waals surface area contributed by atoms with Crippen LogP contribution in [0.25, 0.3) is 23.1 Å². The minimum absolute atomic E-state index is 0.265. The van der Waals surface area contributed by atoms with Crippen molar-refractivity contribution in [1.82, 2.24) is 10.2 Å². The fourth-order valence-corrected chi connectivity index (χ4v) is 3.08. The molecule has 2 amide bonds. The Hall–Kier alpha value is -3.47. The molecule has 0 fully saturated rings. The van der Waals surface area contributed by atoms with E-state index in [1.54, 1.807) is 19.9 Å². The van der Waals surface area contributed by atoms with Crippen molar-refractivity contribution >= 4 is 40.6 Å². The Morgan fingerprint density at radius 3 is 2.31 bits per heavy atom. The smallest absolute Gasteiger partial charge is 0.261 e. The van der Waals surface area contributed by atoms with Crippen LogP contribution in [0.3, 0.4) is 0 Å². The molecule has 1 N–H and O–H groups in total. The highest BCUT2D eigenvalue weighted by Crippen LogP contribution is 2.30. The van der Waals surface area contributed by atoms with Crippen molar-refractivity contribution in [3.63, 3.8) is 0 Å². The Balaban J connectivity index is 1.73. The number of nitrogens with one attached hydrogen (secondary N) is 1.